The van der Waals surface area contributed by atoms with Crippen molar-refractivity contribution in [2.45, 2.75) is 24.3 Å². The van der Waals surface area contributed by atoms with Crippen LogP contribution in [0.25, 0.3) is 0 Å². The van der Waals surface area contributed by atoms with Crippen molar-refractivity contribution in [1.82, 2.24) is 10.0 Å². The lowest BCUT2D eigenvalue weighted by molar-refractivity contribution is -0.121. The van der Waals surface area contributed by atoms with Crippen molar-refractivity contribution in [2.24, 2.45) is 4.99 Å². The summed E-state index contributed by atoms with van der Waals surface area (Å²) in [6.07, 6.45) is 0.141. The fourth-order valence-electron chi connectivity index (χ4n) is 3.25. The zero-order chi connectivity index (χ0) is 20.4. The second-order valence-electron chi connectivity index (χ2n) is 6.77. The molecule has 29 heavy (non-hydrogen) atoms. The first-order chi connectivity index (χ1) is 13.9. The van der Waals surface area contributed by atoms with Gasteiger partial charge in [-0.05, 0) is 36.8 Å². The van der Waals surface area contributed by atoms with Crippen LogP contribution in [-0.2, 0) is 14.8 Å². The minimum Gasteiger partial charge on any atom is -0.486 e. The van der Waals surface area contributed by atoms with Gasteiger partial charge in [0.05, 0.1) is 17.5 Å². The average Bonchev–Trinajstić information content (AvgIpc) is 2.98. The molecule has 2 aliphatic rings. The molecule has 2 heterocycles. The Balaban J connectivity index is 1.36. The van der Waals surface area contributed by atoms with E-state index >= 15 is 0 Å². The molecule has 1 atom stereocenters. The smallest absolute Gasteiger partial charge is 0.263 e. The van der Waals surface area contributed by atoms with Crippen LogP contribution in [-0.4, -0.2) is 39.9 Å². The zero-order valence-electron chi connectivity index (χ0n) is 15.8. The van der Waals surface area contributed by atoms with Gasteiger partial charge in [0.25, 0.3) is 10.0 Å². The molecule has 0 unspecified atom stereocenters. The molecule has 0 saturated heterocycles. The van der Waals surface area contributed by atoms with E-state index in [-0.39, 0.29) is 35.6 Å². The number of rotatable bonds is 5. The van der Waals surface area contributed by atoms with Crippen molar-refractivity contribution in [3.05, 3.63) is 53.6 Å². The summed E-state index contributed by atoms with van der Waals surface area (Å²) in [5, 5.41) is 2.92. The van der Waals surface area contributed by atoms with Crippen LogP contribution in [0.15, 0.2) is 52.4 Å². The highest BCUT2D eigenvalue weighted by Crippen LogP contribution is 2.32. The van der Waals surface area contributed by atoms with E-state index in [0.29, 0.717) is 30.3 Å². The Hall–Kier alpha value is -3.07. The number of hydrogen-bond donors (Lipinski definition) is 2. The lowest BCUT2D eigenvalue weighted by atomic mass is 10.1. The highest BCUT2D eigenvalue weighted by Gasteiger charge is 2.30. The first-order valence-electron chi connectivity index (χ1n) is 9.29. The molecule has 2 aromatic carbocycles. The van der Waals surface area contributed by atoms with Crippen LogP contribution in [0.4, 0.5) is 0 Å². The number of sulfonamides is 1. The van der Waals surface area contributed by atoms with Gasteiger partial charge in [-0.15, -0.1) is 0 Å². The van der Waals surface area contributed by atoms with Crippen LogP contribution < -0.4 is 19.5 Å². The van der Waals surface area contributed by atoms with Gasteiger partial charge < -0.3 is 14.8 Å². The third kappa shape index (κ3) is 4.04. The molecule has 2 aliphatic heterocycles. The van der Waals surface area contributed by atoms with Crippen LogP contribution in [0.1, 0.15) is 30.5 Å². The Kier molecular flexibility index (Phi) is 5.14. The number of nitrogens with zero attached hydrogens (tertiary/aromatic N) is 1. The summed E-state index contributed by atoms with van der Waals surface area (Å²) in [6, 6.07) is 12.0. The molecule has 4 rings (SSSR count). The van der Waals surface area contributed by atoms with E-state index in [9.17, 15) is 13.2 Å². The Morgan fingerprint density at radius 1 is 1.17 bits per heavy atom. The second kappa shape index (κ2) is 7.75. The fraction of sp³-hybridized carbons (Fsp3) is 0.300. The van der Waals surface area contributed by atoms with E-state index < -0.39 is 10.0 Å². The summed E-state index contributed by atoms with van der Waals surface area (Å²) < 4.78 is 37.7. The van der Waals surface area contributed by atoms with Crippen molar-refractivity contribution in [3.63, 3.8) is 0 Å². The molecule has 0 aromatic heterocycles. The fourth-order valence-corrected chi connectivity index (χ4v) is 4.50. The average molecular weight is 415 g/mol. The van der Waals surface area contributed by atoms with Crippen LogP contribution >= 0.6 is 0 Å². The Morgan fingerprint density at radius 2 is 1.93 bits per heavy atom. The van der Waals surface area contributed by atoms with E-state index in [1.165, 1.54) is 6.07 Å². The molecule has 2 N–H and O–H groups in total. The number of carbonyl (C=O) groups is 1. The molecular weight excluding hydrogens is 394 g/mol. The van der Waals surface area contributed by atoms with Gasteiger partial charge in [0.2, 0.25) is 5.91 Å². The van der Waals surface area contributed by atoms with Gasteiger partial charge in [-0.25, -0.2) is 8.42 Å². The van der Waals surface area contributed by atoms with E-state index in [1.807, 2.05) is 25.1 Å². The van der Waals surface area contributed by atoms with Crippen molar-refractivity contribution in [3.8, 4) is 11.5 Å². The van der Waals surface area contributed by atoms with Crippen LogP contribution in [0.2, 0.25) is 0 Å². The number of amidine groups is 1. The van der Waals surface area contributed by atoms with Crippen LogP contribution in [0, 0.1) is 0 Å². The SMILES string of the molecule is C[C@@H](NC(=O)CCN=C1NS(=O)(=O)c2ccccc21)c1ccc2c(c1)OCCO2. The first kappa shape index (κ1) is 19.3. The van der Waals surface area contributed by atoms with Crippen LogP contribution in [0.5, 0.6) is 11.5 Å². The van der Waals surface area contributed by atoms with Gasteiger partial charge in [-0.1, -0.05) is 18.2 Å². The van der Waals surface area contributed by atoms with Gasteiger partial charge in [-0.2, -0.15) is 0 Å². The number of aliphatic imine (C=N–C) groups is 1. The molecule has 0 radical (unpaired) electrons. The van der Waals surface area contributed by atoms with Crippen molar-refractivity contribution < 1.29 is 22.7 Å². The molecule has 0 bridgehead atoms. The predicted molar refractivity (Wildman–Crippen MR) is 107 cm³/mol. The molecule has 0 aliphatic carbocycles. The minimum atomic E-state index is -3.57. The molecule has 152 valence electrons. The first-order valence-corrected chi connectivity index (χ1v) is 10.8. The summed E-state index contributed by atoms with van der Waals surface area (Å²) in [5.74, 6) is 1.47. The number of amides is 1. The number of fused-ring (bicyclic) bond motifs is 2. The molecular formula is C20H21N3O5S. The molecule has 0 spiro atoms. The summed E-state index contributed by atoms with van der Waals surface area (Å²) in [6.45, 7) is 3.09. The predicted octanol–water partition coefficient (Wildman–Crippen LogP) is 1.76. The van der Waals surface area contributed by atoms with E-state index in [0.717, 1.165) is 5.56 Å². The maximum absolute atomic E-state index is 12.3. The molecule has 8 nitrogen and oxygen atoms in total. The Morgan fingerprint density at radius 3 is 2.76 bits per heavy atom. The number of hydrogen-bond acceptors (Lipinski definition) is 6. The third-order valence-corrected chi connectivity index (χ3v) is 6.11. The third-order valence-electron chi connectivity index (χ3n) is 4.72. The van der Waals surface area contributed by atoms with Crippen LogP contribution in [0.3, 0.4) is 0 Å². The lowest BCUT2D eigenvalue weighted by Crippen LogP contribution is -2.28. The maximum Gasteiger partial charge on any atom is 0.263 e. The van der Waals surface area contributed by atoms with E-state index in [4.69, 9.17) is 9.47 Å². The molecule has 1 amide bonds. The largest absolute Gasteiger partial charge is 0.486 e. The second-order valence-corrected chi connectivity index (χ2v) is 8.43. The zero-order valence-corrected chi connectivity index (χ0v) is 16.7. The standard InChI is InChI=1S/C20H21N3O5S/c1-13(14-6-7-16-17(12-14)28-11-10-27-16)22-19(24)8-9-21-20-15-4-2-3-5-18(15)29(25,26)23-20/h2-7,12-13H,8-11H2,1H3,(H,21,23)(H,22,24)/t13-/m1/s1. The van der Waals surface area contributed by atoms with Gasteiger partial charge in [0, 0.05) is 12.0 Å². The lowest BCUT2D eigenvalue weighted by Gasteiger charge is -2.21. The summed E-state index contributed by atoms with van der Waals surface area (Å²) in [4.78, 5) is 16.8. The highest BCUT2D eigenvalue weighted by atomic mass is 32.2. The topological polar surface area (TPSA) is 106 Å². The Labute approximate surface area is 169 Å². The summed E-state index contributed by atoms with van der Waals surface area (Å²) in [5.41, 5.74) is 1.43. The Bertz CT molecular complexity index is 1080. The van der Waals surface area contributed by atoms with E-state index in [1.54, 1.807) is 18.2 Å². The monoisotopic (exact) mass is 415 g/mol. The molecule has 0 saturated carbocycles. The summed E-state index contributed by atoms with van der Waals surface area (Å²) in [7, 11) is -3.57. The number of nitrogens with one attached hydrogen (secondary N) is 2. The summed E-state index contributed by atoms with van der Waals surface area (Å²) >= 11 is 0. The number of carbonyl (C=O) groups excluding carboxylic acids is 1. The molecule has 2 aromatic rings. The minimum absolute atomic E-state index is 0.141. The highest BCUT2D eigenvalue weighted by molar-refractivity contribution is 7.90. The van der Waals surface area contributed by atoms with Gasteiger partial charge in [0.15, 0.2) is 11.5 Å². The quantitative estimate of drug-likeness (QED) is 0.774. The van der Waals surface area contributed by atoms with Crippen molar-refractivity contribution >= 4 is 21.8 Å². The number of benzene rings is 2. The maximum atomic E-state index is 12.3. The molecule has 9 heteroatoms. The van der Waals surface area contributed by atoms with E-state index in [2.05, 4.69) is 15.0 Å². The van der Waals surface area contributed by atoms with Gasteiger partial charge >= 0.3 is 0 Å². The normalized spacial score (nSPS) is 18.6. The van der Waals surface area contributed by atoms with Crippen molar-refractivity contribution in [1.29, 1.82) is 0 Å². The van der Waals surface area contributed by atoms with Gasteiger partial charge in [0.1, 0.15) is 19.0 Å². The molecule has 0 fully saturated rings. The number of ether oxygens (including phenoxy) is 2. The van der Waals surface area contributed by atoms with Gasteiger partial charge in [-0.3, -0.25) is 14.5 Å². The van der Waals surface area contributed by atoms with Crippen molar-refractivity contribution in [2.75, 3.05) is 19.8 Å².